The third kappa shape index (κ3) is 2.78. The van der Waals surface area contributed by atoms with Crippen LogP contribution in [0.5, 0.6) is 0 Å². The molecule has 1 N–H and O–H groups in total. The fourth-order valence-electron chi connectivity index (χ4n) is 3.98. The van der Waals surface area contributed by atoms with Crippen molar-refractivity contribution in [2.75, 3.05) is 0 Å². The van der Waals surface area contributed by atoms with Gasteiger partial charge in [-0.15, -0.1) is 0 Å². The lowest BCUT2D eigenvalue weighted by atomic mass is 9.92. The molecular weight excluding hydrogens is 352 g/mol. The number of benzene rings is 2. The molecule has 0 fully saturated rings. The second-order valence-corrected chi connectivity index (χ2v) is 7.20. The summed E-state index contributed by atoms with van der Waals surface area (Å²) in [6.45, 7) is 0. The molecule has 1 amide bonds. The number of nitrogens with one attached hydrogen (secondary N) is 1. The number of carbonyl (C=O) groups excluding carboxylic acids is 1. The zero-order valence-corrected chi connectivity index (χ0v) is 15.6. The Morgan fingerprint density at radius 3 is 2.93 bits per heavy atom. The number of aryl methyl sites for hydroxylation is 1. The van der Waals surface area contributed by atoms with Crippen LogP contribution in [-0.2, 0) is 13.5 Å². The van der Waals surface area contributed by atoms with E-state index in [4.69, 9.17) is 4.52 Å². The number of amides is 1. The van der Waals surface area contributed by atoms with E-state index >= 15 is 0 Å². The van der Waals surface area contributed by atoms with Crippen molar-refractivity contribution in [1.29, 1.82) is 0 Å². The Hall–Kier alpha value is -3.41. The Kier molecular flexibility index (Phi) is 3.97. The largest absolute Gasteiger partial charge is 0.355 e. The predicted molar refractivity (Wildman–Crippen MR) is 106 cm³/mol. The first-order valence-electron chi connectivity index (χ1n) is 9.47. The van der Waals surface area contributed by atoms with Crippen molar-refractivity contribution in [3.63, 3.8) is 0 Å². The SMILES string of the molecule is Cn1ncc2c1CCCC2NC(=O)c1ccc2noc(-c3ccccc3)c2c1. The van der Waals surface area contributed by atoms with Crippen molar-refractivity contribution in [1.82, 2.24) is 20.3 Å². The maximum Gasteiger partial charge on any atom is 0.251 e. The first-order valence-corrected chi connectivity index (χ1v) is 9.47. The zero-order valence-electron chi connectivity index (χ0n) is 15.6. The first-order chi connectivity index (χ1) is 13.7. The minimum atomic E-state index is -0.0937. The molecule has 4 aromatic rings. The molecule has 1 aliphatic rings. The molecule has 140 valence electrons. The molecule has 0 saturated carbocycles. The van der Waals surface area contributed by atoms with Crippen LogP contribution in [0.25, 0.3) is 22.2 Å². The lowest BCUT2D eigenvalue weighted by Crippen LogP contribution is -2.30. The third-order valence-corrected chi connectivity index (χ3v) is 5.46. The fourth-order valence-corrected chi connectivity index (χ4v) is 3.98. The van der Waals surface area contributed by atoms with Crippen LogP contribution in [0.2, 0.25) is 0 Å². The average Bonchev–Trinajstić information content (AvgIpc) is 3.33. The van der Waals surface area contributed by atoms with E-state index in [1.807, 2.05) is 60.4 Å². The topological polar surface area (TPSA) is 73.0 Å². The van der Waals surface area contributed by atoms with E-state index in [1.165, 1.54) is 5.69 Å². The molecule has 5 rings (SSSR count). The molecule has 2 aromatic heterocycles. The van der Waals surface area contributed by atoms with E-state index in [9.17, 15) is 4.79 Å². The van der Waals surface area contributed by atoms with Gasteiger partial charge in [-0.1, -0.05) is 35.5 Å². The molecule has 28 heavy (non-hydrogen) atoms. The molecule has 2 aromatic carbocycles. The standard InChI is InChI=1S/C22H20N4O2/c1-26-20-9-5-8-18(17(20)13-23-26)24-22(27)15-10-11-19-16(12-15)21(28-25-19)14-6-3-2-4-7-14/h2-4,6-7,10-13,18H,5,8-9H2,1H3,(H,24,27). The molecule has 6 heteroatoms. The highest BCUT2D eigenvalue weighted by atomic mass is 16.5. The van der Waals surface area contributed by atoms with E-state index in [-0.39, 0.29) is 11.9 Å². The summed E-state index contributed by atoms with van der Waals surface area (Å²) >= 11 is 0. The molecule has 6 nitrogen and oxygen atoms in total. The van der Waals surface area contributed by atoms with Gasteiger partial charge in [-0.05, 0) is 37.5 Å². The number of hydrogen-bond acceptors (Lipinski definition) is 4. The third-order valence-electron chi connectivity index (χ3n) is 5.46. The Labute approximate surface area is 162 Å². The highest BCUT2D eigenvalue weighted by Crippen LogP contribution is 2.31. The average molecular weight is 372 g/mol. The van der Waals surface area contributed by atoms with Crippen LogP contribution in [0.4, 0.5) is 0 Å². The van der Waals surface area contributed by atoms with Crippen LogP contribution < -0.4 is 5.32 Å². The summed E-state index contributed by atoms with van der Waals surface area (Å²) in [6, 6.07) is 15.3. The molecule has 1 atom stereocenters. The highest BCUT2D eigenvalue weighted by molar-refractivity contribution is 6.01. The summed E-state index contributed by atoms with van der Waals surface area (Å²) < 4.78 is 7.45. The van der Waals surface area contributed by atoms with Gasteiger partial charge in [0.1, 0.15) is 5.52 Å². The van der Waals surface area contributed by atoms with E-state index < -0.39 is 0 Å². The van der Waals surface area contributed by atoms with Crippen LogP contribution in [0, 0.1) is 0 Å². The Morgan fingerprint density at radius 1 is 1.21 bits per heavy atom. The van der Waals surface area contributed by atoms with Crippen molar-refractivity contribution in [3.05, 3.63) is 71.5 Å². The van der Waals surface area contributed by atoms with E-state index in [0.717, 1.165) is 41.3 Å². The lowest BCUT2D eigenvalue weighted by molar-refractivity contribution is 0.0933. The van der Waals surface area contributed by atoms with Gasteiger partial charge in [0.2, 0.25) is 0 Å². The zero-order chi connectivity index (χ0) is 19.1. The molecule has 0 saturated heterocycles. The van der Waals surface area contributed by atoms with Crippen molar-refractivity contribution in [2.45, 2.75) is 25.3 Å². The van der Waals surface area contributed by atoms with Gasteiger partial charge in [-0.2, -0.15) is 5.10 Å². The van der Waals surface area contributed by atoms with Gasteiger partial charge in [0.25, 0.3) is 5.91 Å². The van der Waals surface area contributed by atoms with Crippen molar-refractivity contribution >= 4 is 16.8 Å². The smallest absolute Gasteiger partial charge is 0.251 e. The van der Waals surface area contributed by atoms with E-state index in [0.29, 0.717) is 11.3 Å². The maximum atomic E-state index is 13.0. The molecule has 1 aliphatic carbocycles. The summed E-state index contributed by atoms with van der Waals surface area (Å²) in [6.07, 6.45) is 4.84. The predicted octanol–water partition coefficient (Wildman–Crippen LogP) is 4.04. The van der Waals surface area contributed by atoms with Crippen LogP contribution in [0.3, 0.4) is 0 Å². The number of carbonyl (C=O) groups is 1. The maximum absolute atomic E-state index is 13.0. The number of hydrogen-bond donors (Lipinski definition) is 1. The second-order valence-electron chi connectivity index (χ2n) is 7.20. The molecule has 0 spiro atoms. The van der Waals surface area contributed by atoms with Gasteiger partial charge in [-0.3, -0.25) is 9.48 Å². The minimum Gasteiger partial charge on any atom is -0.355 e. The monoisotopic (exact) mass is 372 g/mol. The number of fused-ring (bicyclic) bond motifs is 2. The molecule has 0 aliphatic heterocycles. The Balaban J connectivity index is 1.46. The summed E-state index contributed by atoms with van der Waals surface area (Å²) in [5.41, 5.74) is 4.61. The molecular formula is C22H20N4O2. The number of aromatic nitrogens is 3. The minimum absolute atomic E-state index is 0.00304. The van der Waals surface area contributed by atoms with Crippen molar-refractivity contribution < 1.29 is 9.32 Å². The van der Waals surface area contributed by atoms with Crippen LogP contribution in [0.15, 0.2) is 59.3 Å². The van der Waals surface area contributed by atoms with Gasteiger partial charge in [0.05, 0.1) is 17.6 Å². The molecule has 1 unspecified atom stereocenters. The van der Waals surface area contributed by atoms with Crippen LogP contribution in [-0.4, -0.2) is 20.8 Å². The fraction of sp³-hybridized carbons (Fsp3) is 0.227. The molecule has 0 bridgehead atoms. The van der Waals surface area contributed by atoms with Gasteiger partial charge < -0.3 is 9.84 Å². The quantitative estimate of drug-likeness (QED) is 0.589. The molecule has 0 radical (unpaired) electrons. The van der Waals surface area contributed by atoms with E-state index in [1.54, 1.807) is 6.07 Å². The highest BCUT2D eigenvalue weighted by Gasteiger charge is 2.25. The number of nitrogens with zero attached hydrogens (tertiary/aromatic N) is 3. The van der Waals surface area contributed by atoms with Crippen LogP contribution in [0.1, 0.15) is 40.5 Å². The normalized spacial score (nSPS) is 16.1. The van der Waals surface area contributed by atoms with Crippen molar-refractivity contribution in [2.24, 2.45) is 7.05 Å². The summed E-state index contributed by atoms with van der Waals surface area (Å²) in [5, 5.41) is 12.5. The Morgan fingerprint density at radius 2 is 2.07 bits per heavy atom. The van der Waals surface area contributed by atoms with E-state index in [2.05, 4.69) is 15.6 Å². The van der Waals surface area contributed by atoms with Crippen molar-refractivity contribution in [3.8, 4) is 11.3 Å². The van der Waals surface area contributed by atoms with Gasteiger partial charge >= 0.3 is 0 Å². The van der Waals surface area contributed by atoms with Gasteiger partial charge in [0, 0.05) is 29.4 Å². The first kappa shape index (κ1) is 16.7. The van der Waals surface area contributed by atoms with Crippen LogP contribution >= 0.6 is 0 Å². The summed E-state index contributed by atoms with van der Waals surface area (Å²) in [4.78, 5) is 13.0. The second kappa shape index (κ2) is 6.64. The molecule has 2 heterocycles. The van der Waals surface area contributed by atoms with Gasteiger partial charge in [0.15, 0.2) is 5.76 Å². The summed E-state index contributed by atoms with van der Waals surface area (Å²) in [5.74, 6) is 0.585. The Bertz CT molecular complexity index is 1160. The summed E-state index contributed by atoms with van der Waals surface area (Å²) in [7, 11) is 1.95. The van der Waals surface area contributed by atoms with Gasteiger partial charge in [-0.25, -0.2) is 0 Å². The number of rotatable bonds is 3. The lowest BCUT2D eigenvalue weighted by Gasteiger charge is -2.23.